The van der Waals surface area contributed by atoms with Crippen molar-refractivity contribution in [2.45, 2.75) is 52.1 Å². The van der Waals surface area contributed by atoms with E-state index in [0.29, 0.717) is 12.5 Å². The summed E-state index contributed by atoms with van der Waals surface area (Å²) in [6, 6.07) is 10.8. The van der Waals surface area contributed by atoms with E-state index in [-0.39, 0.29) is 16.9 Å². The fraction of sp³-hybridized carbons (Fsp3) is 0.696. The predicted octanol–water partition coefficient (Wildman–Crippen LogP) is 0.301. The lowest BCUT2D eigenvalue weighted by Crippen LogP contribution is -3.28. The Morgan fingerprint density at radius 1 is 1.00 bits per heavy atom. The highest BCUT2D eigenvalue weighted by Crippen LogP contribution is 2.61. The van der Waals surface area contributed by atoms with Crippen LogP contribution in [-0.4, -0.2) is 44.2 Å². The van der Waals surface area contributed by atoms with Gasteiger partial charge in [0.05, 0.1) is 0 Å². The molecule has 0 unspecified atom stereocenters. The molecule has 4 rings (SSSR count). The van der Waals surface area contributed by atoms with E-state index in [4.69, 9.17) is 0 Å². The molecule has 0 radical (unpaired) electrons. The minimum Gasteiger partial charge on any atom is -0.345 e. The molecule has 1 aromatic carbocycles. The highest BCUT2D eigenvalue weighted by atomic mass is 16.2. The number of fused-ring (bicyclic) bond motifs is 2. The van der Waals surface area contributed by atoms with Gasteiger partial charge >= 0.3 is 0 Å². The zero-order chi connectivity index (χ0) is 19.1. The molecule has 3 atom stereocenters. The summed E-state index contributed by atoms with van der Waals surface area (Å²) in [6.07, 6.45) is 3.94. The lowest BCUT2D eigenvalue weighted by Gasteiger charge is -2.48. The first-order valence-electron chi connectivity index (χ1n) is 10.9. The summed E-state index contributed by atoms with van der Waals surface area (Å²) in [5.41, 5.74) is 1.62. The third-order valence-electron chi connectivity index (χ3n) is 8.38. The number of benzene rings is 1. The zero-order valence-electron chi connectivity index (χ0n) is 17.3. The van der Waals surface area contributed by atoms with Gasteiger partial charge in [0.1, 0.15) is 32.7 Å². The van der Waals surface area contributed by atoms with Crippen LogP contribution in [0, 0.1) is 17.3 Å². The Balaban J connectivity index is 1.26. The fourth-order valence-corrected chi connectivity index (χ4v) is 6.13. The minimum absolute atomic E-state index is 0.0210. The summed E-state index contributed by atoms with van der Waals surface area (Å²) < 4.78 is 0. The van der Waals surface area contributed by atoms with E-state index in [0.717, 1.165) is 38.6 Å². The number of piperazine rings is 1. The van der Waals surface area contributed by atoms with Crippen molar-refractivity contribution in [1.29, 1.82) is 0 Å². The number of carbonyl (C=O) groups is 1. The SMILES string of the molecule is CC1(C)[C@@H]2CC[C@@H](C2)[C@]1(C)NC(=O)C[NH+]1CC[NH+](Cc2ccccc2)CC1. The molecule has 27 heavy (non-hydrogen) atoms. The quantitative estimate of drug-likeness (QED) is 0.684. The average Bonchev–Trinajstić information content (AvgIpc) is 3.20. The topological polar surface area (TPSA) is 38.0 Å². The Morgan fingerprint density at radius 2 is 1.63 bits per heavy atom. The molecule has 4 nitrogen and oxygen atoms in total. The van der Waals surface area contributed by atoms with Crippen molar-refractivity contribution < 1.29 is 14.6 Å². The summed E-state index contributed by atoms with van der Waals surface area (Å²) in [4.78, 5) is 16.0. The van der Waals surface area contributed by atoms with Crippen LogP contribution in [0.15, 0.2) is 30.3 Å². The molecule has 0 spiro atoms. The van der Waals surface area contributed by atoms with Crippen molar-refractivity contribution in [2.75, 3.05) is 32.7 Å². The highest BCUT2D eigenvalue weighted by Gasteiger charge is 2.60. The Bertz CT molecular complexity index is 665. The standard InChI is InChI=1S/C23H35N3O/c1-22(2)19-9-10-20(15-19)23(22,3)24-21(27)17-26-13-11-25(12-14-26)16-18-7-5-4-6-8-18/h4-8,19-20H,9-17H2,1-3H3,(H,24,27)/p+2/t19-,20+,23+/m1/s1. The zero-order valence-corrected chi connectivity index (χ0v) is 17.3. The van der Waals surface area contributed by atoms with Crippen molar-refractivity contribution >= 4 is 5.91 Å². The van der Waals surface area contributed by atoms with Crippen molar-refractivity contribution in [3.63, 3.8) is 0 Å². The molecule has 2 bridgehead atoms. The van der Waals surface area contributed by atoms with Crippen molar-refractivity contribution in [1.82, 2.24) is 5.32 Å². The van der Waals surface area contributed by atoms with Gasteiger partial charge in [-0.1, -0.05) is 44.2 Å². The molecule has 3 aliphatic rings. The number of quaternary nitrogens is 2. The molecule has 3 N–H and O–H groups in total. The number of carbonyl (C=O) groups excluding carboxylic acids is 1. The van der Waals surface area contributed by atoms with Gasteiger partial charge in [-0.3, -0.25) is 4.79 Å². The molecule has 3 fully saturated rings. The van der Waals surface area contributed by atoms with Gasteiger partial charge in [-0.05, 0) is 43.4 Å². The summed E-state index contributed by atoms with van der Waals surface area (Å²) >= 11 is 0. The molecule has 0 aromatic heterocycles. The average molecular weight is 372 g/mol. The van der Waals surface area contributed by atoms with Crippen LogP contribution in [0.1, 0.15) is 45.6 Å². The second-order valence-electron chi connectivity index (χ2n) is 10.0. The first-order chi connectivity index (χ1) is 12.9. The van der Waals surface area contributed by atoms with E-state index in [1.807, 2.05) is 0 Å². The maximum atomic E-state index is 12.9. The van der Waals surface area contributed by atoms with Crippen molar-refractivity contribution in [2.24, 2.45) is 17.3 Å². The molecule has 2 saturated carbocycles. The molecule has 1 heterocycles. The smallest absolute Gasteiger partial charge is 0.275 e. The molecule has 1 aromatic rings. The van der Waals surface area contributed by atoms with E-state index in [1.54, 1.807) is 4.90 Å². The van der Waals surface area contributed by atoms with Gasteiger partial charge in [-0.2, -0.15) is 0 Å². The molecular formula is C23H37N3O+2. The minimum atomic E-state index is -0.0210. The van der Waals surface area contributed by atoms with Crippen LogP contribution >= 0.6 is 0 Å². The summed E-state index contributed by atoms with van der Waals surface area (Å²) in [5, 5.41) is 3.51. The number of hydrogen-bond donors (Lipinski definition) is 3. The van der Waals surface area contributed by atoms with Gasteiger partial charge in [0.2, 0.25) is 0 Å². The lowest BCUT2D eigenvalue weighted by atomic mass is 9.64. The fourth-order valence-electron chi connectivity index (χ4n) is 6.13. The lowest BCUT2D eigenvalue weighted by molar-refractivity contribution is -1.02. The molecule has 148 valence electrons. The van der Waals surface area contributed by atoms with E-state index in [1.165, 1.54) is 29.7 Å². The van der Waals surface area contributed by atoms with Crippen LogP contribution in [0.25, 0.3) is 0 Å². The molecule has 4 heteroatoms. The van der Waals surface area contributed by atoms with Crippen molar-refractivity contribution in [3.8, 4) is 0 Å². The number of hydrogen-bond acceptors (Lipinski definition) is 1. The van der Waals surface area contributed by atoms with Crippen LogP contribution in [0.3, 0.4) is 0 Å². The Morgan fingerprint density at radius 3 is 2.26 bits per heavy atom. The van der Waals surface area contributed by atoms with Gasteiger partial charge in [-0.25, -0.2) is 0 Å². The molecule has 2 aliphatic carbocycles. The summed E-state index contributed by atoms with van der Waals surface area (Å²) in [6.45, 7) is 13.3. The van der Waals surface area contributed by atoms with E-state index in [2.05, 4.69) is 56.4 Å². The maximum absolute atomic E-state index is 12.9. The van der Waals surface area contributed by atoms with Crippen LogP contribution in [0.4, 0.5) is 0 Å². The van der Waals surface area contributed by atoms with E-state index >= 15 is 0 Å². The van der Waals surface area contributed by atoms with Crippen LogP contribution in [0.5, 0.6) is 0 Å². The van der Waals surface area contributed by atoms with E-state index < -0.39 is 0 Å². The molecule has 1 saturated heterocycles. The van der Waals surface area contributed by atoms with Crippen LogP contribution in [-0.2, 0) is 11.3 Å². The third-order valence-corrected chi connectivity index (χ3v) is 8.38. The summed E-state index contributed by atoms with van der Waals surface area (Å²) in [5.74, 6) is 1.72. The second kappa shape index (κ2) is 7.21. The number of rotatable bonds is 5. The van der Waals surface area contributed by atoms with Crippen molar-refractivity contribution in [3.05, 3.63) is 35.9 Å². The van der Waals surface area contributed by atoms with Crippen LogP contribution < -0.4 is 15.1 Å². The van der Waals surface area contributed by atoms with Gasteiger partial charge in [0.25, 0.3) is 5.91 Å². The van der Waals surface area contributed by atoms with Gasteiger partial charge in [0, 0.05) is 11.1 Å². The second-order valence-corrected chi connectivity index (χ2v) is 10.0. The van der Waals surface area contributed by atoms with Gasteiger partial charge < -0.3 is 15.1 Å². The Labute approximate surface area is 164 Å². The molecule has 1 aliphatic heterocycles. The van der Waals surface area contributed by atoms with E-state index in [9.17, 15) is 4.79 Å². The highest BCUT2D eigenvalue weighted by molar-refractivity contribution is 5.78. The van der Waals surface area contributed by atoms with Crippen LogP contribution in [0.2, 0.25) is 0 Å². The Hall–Kier alpha value is -1.39. The maximum Gasteiger partial charge on any atom is 0.275 e. The molecule has 1 amide bonds. The number of nitrogens with one attached hydrogen (secondary N) is 3. The molecular weight excluding hydrogens is 334 g/mol. The first kappa shape index (κ1) is 18.9. The van der Waals surface area contributed by atoms with Gasteiger partial charge in [-0.15, -0.1) is 0 Å². The summed E-state index contributed by atoms with van der Waals surface area (Å²) in [7, 11) is 0. The monoisotopic (exact) mass is 371 g/mol. The normalized spacial score (nSPS) is 37.3. The largest absolute Gasteiger partial charge is 0.345 e. The number of amides is 1. The first-order valence-corrected chi connectivity index (χ1v) is 10.9. The third kappa shape index (κ3) is 3.54. The predicted molar refractivity (Wildman–Crippen MR) is 108 cm³/mol. The van der Waals surface area contributed by atoms with Gasteiger partial charge in [0.15, 0.2) is 6.54 Å². The Kier molecular flexibility index (Phi) is 5.06.